The van der Waals surface area contributed by atoms with Gasteiger partial charge in [-0.15, -0.1) is 0 Å². The molecule has 1 heterocycles. The molecule has 0 unspecified atom stereocenters. The number of fused-ring (bicyclic) bond motifs is 1. The number of ether oxygens (including phenoxy) is 1. The summed E-state index contributed by atoms with van der Waals surface area (Å²) < 4.78 is 5.52. The molecule has 2 aromatic carbocycles. The lowest BCUT2D eigenvalue weighted by molar-refractivity contribution is 0.0224. The summed E-state index contributed by atoms with van der Waals surface area (Å²) in [5.41, 5.74) is 3.56. The largest absolute Gasteiger partial charge is 0.444 e. The van der Waals surface area contributed by atoms with Crippen molar-refractivity contribution < 1.29 is 9.53 Å². The van der Waals surface area contributed by atoms with E-state index in [2.05, 4.69) is 0 Å². The molecule has 0 fully saturated rings. The third-order valence-electron chi connectivity index (χ3n) is 4.17. The first-order chi connectivity index (χ1) is 11.8. The van der Waals surface area contributed by atoms with Crippen molar-refractivity contribution in [2.75, 3.05) is 6.54 Å². The zero-order valence-corrected chi connectivity index (χ0v) is 16.1. The Bertz CT molecular complexity index is 812. The minimum atomic E-state index is -0.517. The number of hydrogen-bond donors (Lipinski definition) is 0. The number of amides is 1. The monoisotopic (exact) mass is 377 g/mol. The predicted molar refractivity (Wildman–Crippen MR) is 102 cm³/mol. The first-order valence-electron chi connectivity index (χ1n) is 8.29. The van der Waals surface area contributed by atoms with Gasteiger partial charge in [-0.25, -0.2) is 4.79 Å². The quantitative estimate of drug-likeness (QED) is 0.613. The van der Waals surface area contributed by atoms with E-state index >= 15 is 0 Å². The number of carbonyl (C=O) groups excluding carboxylic acids is 1. The van der Waals surface area contributed by atoms with Crippen LogP contribution in [0.5, 0.6) is 0 Å². The SMILES string of the molecule is CC(C)(C)OC(=O)N1CCc2c(Cl)ccc(-c3ccccc3Cl)c2C1. The molecule has 0 N–H and O–H groups in total. The van der Waals surface area contributed by atoms with E-state index in [0.717, 1.165) is 27.3 Å². The predicted octanol–water partition coefficient (Wildman–Crippen LogP) is 5.95. The van der Waals surface area contributed by atoms with E-state index < -0.39 is 5.60 Å². The van der Waals surface area contributed by atoms with Crippen molar-refractivity contribution in [2.24, 2.45) is 0 Å². The van der Waals surface area contributed by atoms with Crippen LogP contribution in [0, 0.1) is 0 Å². The number of nitrogens with zero attached hydrogens (tertiary/aromatic N) is 1. The maximum atomic E-state index is 12.5. The van der Waals surface area contributed by atoms with Crippen molar-refractivity contribution in [1.82, 2.24) is 4.90 Å². The van der Waals surface area contributed by atoms with Gasteiger partial charge in [0.1, 0.15) is 5.60 Å². The molecule has 0 aliphatic carbocycles. The van der Waals surface area contributed by atoms with E-state index in [-0.39, 0.29) is 6.09 Å². The second-order valence-corrected chi connectivity index (χ2v) is 8.00. The van der Waals surface area contributed by atoms with Crippen LogP contribution in [0.4, 0.5) is 4.79 Å². The summed E-state index contributed by atoms with van der Waals surface area (Å²) in [7, 11) is 0. The normalized spacial score (nSPS) is 14.2. The minimum Gasteiger partial charge on any atom is -0.444 e. The second kappa shape index (κ2) is 6.89. The maximum Gasteiger partial charge on any atom is 0.410 e. The second-order valence-electron chi connectivity index (χ2n) is 7.18. The van der Waals surface area contributed by atoms with Crippen molar-refractivity contribution >= 4 is 29.3 Å². The van der Waals surface area contributed by atoms with Gasteiger partial charge in [0.2, 0.25) is 0 Å². The molecule has 1 aliphatic heterocycles. The molecule has 5 heteroatoms. The Labute approximate surface area is 158 Å². The van der Waals surface area contributed by atoms with Crippen LogP contribution in [0.1, 0.15) is 31.9 Å². The number of hydrogen-bond acceptors (Lipinski definition) is 2. The molecule has 3 rings (SSSR count). The third-order valence-corrected chi connectivity index (χ3v) is 4.85. The molecule has 0 atom stereocenters. The van der Waals surface area contributed by atoms with Crippen LogP contribution >= 0.6 is 23.2 Å². The molecule has 0 aromatic heterocycles. The van der Waals surface area contributed by atoms with Crippen LogP contribution in [0.25, 0.3) is 11.1 Å². The molecule has 0 spiro atoms. The number of benzene rings is 2. The maximum absolute atomic E-state index is 12.5. The standard InChI is InChI=1S/C20H21Cl2NO2/c1-20(2,3)25-19(24)23-11-10-15-16(12-23)13(8-9-18(15)22)14-6-4-5-7-17(14)21/h4-9H,10-12H2,1-3H3. The van der Waals surface area contributed by atoms with E-state index in [4.69, 9.17) is 27.9 Å². The Morgan fingerprint density at radius 1 is 1.00 bits per heavy atom. The summed E-state index contributed by atoms with van der Waals surface area (Å²) in [5.74, 6) is 0. The topological polar surface area (TPSA) is 29.5 Å². The summed E-state index contributed by atoms with van der Waals surface area (Å²) >= 11 is 12.8. The van der Waals surface area contributed by atoms with Crippen molar-refractivity contribution in [3.63, 3.8) is 0 Å². The molecule has 0 saturated heterocycles. The van der Waals surface area contributed by atoms with E-state index in [1.165, 1.54) is 0 Å². The number of halogens is 2. The van der Waals surface area contributed by atoms with Gasteiger partial charge < -0.3 is 9.64 Å². The van der Waals surface area contributed by atoms with Crippen LogP contribution in [-0.2, 0) is 17.7 Å². The summed E-state index contributed by atoms with van der Waals surface area (Å²) in [4.78, 5) is 14.2. The average molecular weight is 378 g/mol. The molecule has 1 amide bonds. The van der Waals surface area contributed by atoms with Crippen LogP contribution in [0.3, 0.4) is 0 Å². The van der Waals surface area contributed by atoms with Gasteiger partial charge in [0.25, 0.3) is 0 Å². The Kier molecular flexibility index (Phi) is 4.99. The van der Waals surface area contributed by atoms with E-state index in [9.17, 15) is 4.79 Å². The molecular formula is C20H21Cl2NO2. The first-order valence-corrected chi connectivity index (χ1v) is 9.05. The van der Waals surface area contributed by atoms with E-state index in [0.29, 0.717) is 24.5 Å². The van der Waals surface area contributed by atoms with Gasteiger partial charge in [-0.05, 0) is 56.0 Å². The Balaban J connectivity index is 1.99. The van der Waals surface area contributed by atoms with Crippen molar-refractivity contribution in [1.29, 1.82) is 0 Å². The molecule has 2 aromatic rings. The number of rotatable bonds is 1. The lowest BCUT2D eigenvalue weighted by Gasteiger charge is -2.32. The van der Waals surface area contributed by atoms with Gasteiger partial charge in [-0.1, -0.05) is 47.5 Å². The lowest BCUT2D eigenvalue weighted by Crippen LogP contribution is -2.40. The Hall–Kier alpha value is -1.71. The zero-order chi connectivity index (χ0) is 18.2. The molecule has 132 valence electrons. The molecule has 0 saturated carbocycles. The highest BCUT2D eigenvalue weighted by Gasteiger charge is 2.28. The summed E-state index contributed by atoms with van der Waals surface area (Å²) in [6.45, 7) is 6.66. The molecule has 3 nitrogen and oxygen atoms in total. The highest BCUT2D eigenvalue weighted by Crippen LogP contribution is 2.37. The van der Waals surface area contributed by atoms with Gasteiger partial charge in [-0.3, -0.25) is 0 Å². The summed E-state index contributed by atoms with van der Waals surface area (Å²) in [6, 6.07) is 11.6. The van der Waals surface area contributed by atoms with E-state index in [1.54, 1.807) is 4.90 Å². The van der Waals surface area contributed by atoms with Crippen LogP contribution in [-0.4, -0.2) is 23.1 Å². The minimum absolute atomic E-state index is 0.303. The lowest BCUT2D eigenvalue weighted by atomic mass is 9.91. The molecule has 0 radical (unpaired) electrons. The molecule has 25 heavy (non-hydrogen) atoms. The summed E-state index contributed by atoms with van der Waals surface area (Å²) in [5, 5.41) is 1.41. The van der Waals surface area contributed by atoms with Crippen LogP contribution < -0.4 is 0 Å². The van der Waals surface area contributed by atoms with Gasteiger partial charge >= 0.3 is 6.09 Å². The fourth-order valence-corrected chi connectivity index (χ4v) is 3.56. The smallest absolute Gasteiger partial charge is 0.410 e. The third kappa shape index (κ3) is 3.94. The van der Waals surface area contributed by atoms with Gasteiger partial charge in [0, 0.05) is 28.7 Å². The first kappa shape index (κ1) is 18.1. The van der Waals surface area contributed by atoms with Gasteiger partial charge in [-0.2, -0.15) is 0 Å². The van der Waals surface area contributed by atoms with Gasteiger partial charge in [0.05, 0.1) is 0 Å². The van der Waals surface area contributed by atoms with Crippen LogP contribution in [0.2, 0.25) is 10.0 Å². The molecular weight excluding hydrogens is 357 g/mol. The van der Waals surface area contributed by atoms with Crippen molar-refractivity contribution in [2.45, 2.75) is 39.3 Å². The Morgan fingerprint density at radius 2 is 1.72 bits per heavy atom. The van der Waals surface area contributed by atoms with E-state index in [1.807, 2.05) is 57.2 Å². The van der Waals surface area contributed by atoms with Crippen molar-refractivity contribution in [3.8, 4) is 11.1 Å². The van der Waals surface area contributed by atoms with Crippen molar-refractivity contribution in [3.05, 3.63) is 57.6 Å². The summed E-state index contributed by atoms with van der Waals surface area (Å²) in [6.07, 6.45) is 0.398. The fraction of sp³-hybridized carbons (Fsp3) is 0.350. The van der Waals surface area contributed by atoms with Crippen LogP contribution in [0.15, 0.2) is 36.4 Å². The number of carbonyl (C=O) groups is 1. The average Bonchev–Trinajstić information content (AvgIpc) is 2.54. The Morgan fingerprint density at radius 3 is 2.40 bits per heavy atom. The molecule has 0 bridgehead atoms. The van der Waals surface area contributed by atoms with Gasteiger partial charge in [0.15, 0.2) is 0 Å². The highest BCUT2D eigenvalue weighted by atomic mass is 35.5. The molecule has 1 aliphatic rings. The highest BCUT2D eigenvalue weighted by molar-refractivity contribution is 6.33. The fourth-order valence-electron chi connectivity index (χ4n) is 3.05. The zero-order valence-electron chi connectivity index (χ0n) is 14.6.